The number of benzene rings is 1. The van der Waals surface area contributed by atoms with Gasteiger partial charge in [-0.05, 0) is 47.5 Å². The van der Waals surface area contributed by atoms with Crippen molar-refractivity contribution in [2.45, 2.75) is 32.7 Å². The molecule has 2 aromatic rings. The van der Waals surface area contributed by atoms with Gasteiger partial charge in [0, 0.05) is 17.3 Å². The number of ether oxygens (including phenoxy) is 1. The van der Waals surface area contributed by atoms with Crippen molar-refractivity contribution in [2.75, 3.05) is 13.2 Å². The molecule has 1 aromatic carbocycles. The normalized spacial score (nSPS) is 15.0. The molecule has 0 radical (unpaired) electrons. The predicted octanol–water partition coefficient (Wildman–Crippen LogP) is 4.21. The Morgan fingerprint density at radius 1 is 1.29 bits per heavy atom. The van der Waals surface area contributed by atoms with Crippen LogP contribution < -0.4 is 10.1 Å². The molecule has 1 unspecified atom stereocenters. The quantitative estimate of drug-likeness (QED) is 0.863. The SMILES string of the molecule is CC(C)C(NCCc1ccc2c(c1)CCO2)c1cccs1. The third-order valence-corrected chi connectivity index (χ3v) is 5.00. The van der Waals surface area contributed by atoms with Crippen molar-refractivity contribution < 1.29 is 4.74 Å². The van der Waals surface area contributed by atoms with Crippen LogP contribution in [0.25, 0.3) is 0 Å². The molecule has 1 aromatic heterocycles. The summed E-state index contributed by atoms with van der Waals surface area (Å²) in [5.74, 6) is 1.68. The lowest BCUT2D eigenvalue weighted by molar-refractivity contribution is 0.357. The van der Waals surface area contributed by atoms with Gasteiger partial charge >= 0.3 is 0 Å². The minimum atomic E-state index is 0.461. The molecule has 112 valence electrons. The maximum absolute atomic E-state index is 5.56. The summed E-state index contributed by atoms with van der Waals surface area (Å²) < 4.78 is 5.56. The summed E-state index contributed by atoms with van der Waals surface area (Å²) in [5.41, 5.74) is 2.77. The second-order valence-electron chi connectivity index (χ2n) is 5.98. The molecule has 1 aliphatic rings. The highest BCUT2D eigenvalue weighted by Gasteiger charge is 2.16. The number of nitrogens with one attached hydrogen (secondary N) is 1. The van der Waals surface area contributed by atoms with Gasteiger partial charge in [-0.2, -0.15) is 0 Å². The second-order valence-corrected chi connectivity index (χ2v) is 6.96. The van der Waals surface area contributed by atoms with Crippen molar-refractivity contribution in [1.29, 1.82) is 0 Å². The third-order valence-electron chi connectivity index (χ3n) is 4.05. The number of hydrogen-bond donors (Lipinski definition) is 1. The first kappa shape index (κ1) is 14.6. The highest BCUT2D eigenvalue weighted by molar-refractivity contribution is 7.10. The lowest BCUT2D eigenvalue weighted by Gasteiger charge is -2.21. The van der Waals surface area contributed by atoms with E-state index in [9.17, 15) is 0 Å². The van der Waals surface area contributed by atoms with Crippen LogP contribution in [-0.4, -0.2) is 13.2 Å². The Labute approximate surface area is 131 Å². The molecule has 0 aliphatic carbocycles. The van der Waals surface area contributed by atoms with Crippen LogP contribution in [0.5, 0.6) is 5.75 Å². The molecule has 21 heavy (non-hydrogen) atoms. The van der Waals surface area contributed by atoms with E-state index in [0.29, 0.717) is 12.0 Å². The zero-order valence-electron chi connectivity index (χ0n) is 12.8. The van der Waals surface area contributed by atoms with E-state index in [-0.39, 0.29) is 0 Å². The molecular formula is C18H23NOS. The summed E-state index contributed by atoms with van der Waals surface area (Å²) in [4.78, 5) is 1.44. The number of fused-ring (bicyclic) bond motifs is 1. The average Bonchev–Trinajstić information content (AvgIpc) is 3.13. The van der Waals surface area contributed by atoms with E-state index in [0.717, 1.165) is 31.7 Å². The van der Waals surface area contributed by atoms with Gasteiger partial charge < -0.3 is 10.1 Å². The minimum Gasteiger partial charge on any atom is -0.493 e. The van der Waals surface area contributed by atoms with E-state index < -0.39 is 0 Å². The van der Waals surface area contributed by atoms with Crippen LogP contribution in [0.3, 0.4) is 0 Å². The Morgan fingerprint density at radius 3 is 2.95 bits per heavy atom. The number of thiophene rings is 1. The van der Waals surface area contributed by atoms with Crippen LogP contribution in [-0.2, 0) is 12.8 Å². The first-order valence-corrected chi connectivity index (χ1v) is 8.63. The van der Waals surface area contributed by atoms with Gasteiger partial charge in [0.05, 0.1) is 6.61 Å². The molecule has 1 aliphatic heterocycles. The van der Waals surface area contributed by atoms with Crippen molar-refractivity contribution in [3.05, 3.63) is 51.7 Å². The molecule has 2 heterocycles. The molecule has 0 amide bonds. The van der Waals surface area contributed by atoms with E-state index in [2.05, 4.69) is 54.9 Å². The Bertz CT molecular complexity index is 577. The molecule has 0 saturated carbocycles. The van der Waals surface area contributed by atoms with Gasteiger partial charge in [0.1, 0.15) is 5.75 Å². The number of hydrogen-bond acceptors (Lipinski definition) is 3. The van der Waals surface area contributed by atoms with Gasteiger partial charge in [0.25, 0.3) is 0 Å². The fourth-order valence-electron chi connectivity index (χ4n) is 2.90. The summed E-state index contributed by atoms with van der Waals surface area (Å²) in [6.07, 6.45) is 2.13. The number of rotatable bonds is 6. The van der Waals surface area contributed by atoms with Gasteiger partial charge in [-0.3, -0.25) is 0 Å². The fourth-order valence-corrected chi connectivity index (χ4v) is 3.87. The maximum Gasteiger partial charge on any atom is 0.122 e. The lowest BCUT2D eigenvalue weighted by atomic mass is 10.0. The third kappa shape index (κ3) is 3.47. The molecule has 0 fully saturated rings. The summed E-state index contributed by atoms with van der Waals surface area (Å²) in [5, 5.41) is 5.88. The molecule has 2 nitrogen and oxygen atoms in total. The minimum absolute atomic E-state index is 0.461. The van der Waals surface area contributed by atoms with Crippen molar-refractivity contribution >= 4 is 11.3 Å². The van der Waals surface area contributed by atoms with E-state index in [1.165, 1.54) is 16.0 Å². The zero-order valence-corrected chi connectivity index (χ0v) is 13.6. The summed E-state index contributed by atoms with van der Waals surface area (Å²) in [6.45, 7) is 6.42. The van der Waals surface area contributed by atoms with Crippen LogP contribution >= 0.6 is 11.3 Å². The largest absolute Gasteiger partial charge is 0.493 e. The smallest absolute Gasteiger partial charge is 0.122 e. The van der Waals surface area contributed by atoms with E-state index in [4.69, 9.17) is 4.74 Å². The van der Waals surface area contributed by atoms with Gasteiger partial charge in [0.15, 0.2) is 0 Å². The lowest BCUT2D eigenvalue weighted by Crippen LogP contribution is -2.27. The zero-order chi connectivity index (χ0) is 14.7. The van der Waals surface area contributed by atoms with E-state index >= 15 is 0 Å². The van der Waals surface area contributed by atoms with Crippen LogP contribution in [0.1, 0.15) is 35.9 Å². The molecule has 1 N–H and O–H groups in total. The van der Waals surface area contributed by atoms with Crippen molar-refractivity contribution in [1.82, 2.24) is 5.32 Å². The predicted molar refractivity (Wildman–Crippen MR) is 89.2 cm³/mol. The highest BCUT2D eigenvalue weighted by Crippen LogP contribution is 2.27. The Balaban J connectivity index is 1.57. The van der Waals surface area contributed by atoms with Crippen LogP contribution in [0.15, 0.2) is 35.7 Å². The molecule has 3 heteroatoms. The van der Waals surface area contributed by atoms with Gasteiger partial charge in [-0.25, -0.2) is 0 Å². The van der Waals surface area contributed by atoms with Crippen molar-refractivity contribution in [3.8, 4) is 5.75 Å². The maximum atomic E-state index is 5.56. The van der Waals surface area contributed by atoms with Crippen LogP contribution in [0, 0.1) is 5.92 Å². The molecule has 0 spiro atoms. The second kappa shape index (κ2) is 6.63. The Kier molecular flexibility index (Phi) is 4.61. The molecule has 1 atom stereocenters. The van der Waals surface area contributed by atoms with Crippen LogP contribution in [0.2, 0.25) is 0 Å². The Hall–Kier alpha value is -1.32. The molecular weight excluding hydrogens is 278 g/mol. The molecule has 0 saturated heterocycles. The van der Waals surface area contributed by atoms with Crippen LogP contribution in [0.4, 0.5) is 0 Å². The molecule has 3 rings (SSSR count). The standard InChI is InChI=1S/C18H23NOS/c1-13(2)18(17-4-3-11-21-17)19-9-7-14-5-6-16-15(12-14)8-10-20-16/h3-6,11-13,18-19H,7-10H2,1-2H3. The van der Waals surface area contributed by atoms with Crippen molar-refractivity contribution in [2.24, 2.45) is 5.92 Å². The topological polar surface area (TPSA) is 21.3 Å². The average molecular weight is 301 g/mol. The van der Waals surface area contributed by atoms with Crippen molar-refractivity contribution in [3.63, 3.8) is 0 Å². The van der Waals surface area contributed by atoms with Gasteiger partial charge in [-0.1, -0.05) is 32.0 Å². The van der Waals surface area contributed by atoms with E-state index in [1.807, 2.05) is 11.3 Å². The molecule has 0 bridgehead atoms. The Morgan fingerprint density at radius 2 is 2.19 bits per heavy atom. The van der Waals surface area contributed by atoms with E-state index in [1.54, 1.807) is 0 Å². The van der Waals surface area contributed by atoms with Gasteiger partial charge in [-0.15, -0.1) is 11.3 Å². The first-order valence-electron chi connectivity index (χ1n) is 7.75. The summed E-state index contributed by atoms with van der Waals surface area (Å²) in [7, 11) is 0. The van der Waals surface area contributed by atoms with Gasteiger partial charge in [0.2, 0.25) is 0 Å². The summed E-state index contributed by atoms with van der Waals surface area (Å²) in [6, 6.07) is 11.5. The monoisotopic (exact) mass is 301 g/mol. The fraction of sp³-hybridized carbons (Fsp3) is 0.444. The first-order chi connectivity index (χ1) is 10.2. The summed E-state index contributed by atoms with van der Waals surface area (Å²) >= 11 is 1.84. The highest BCUT2D eigenvalue weighted by atomic mass is 32.1.